The van der Waals surface area contributed by atoms with Gasteiger partial charge in [0.2, 0.25) is 5.91 Å². The molecule has 0 aliphatic carbocycles. The zero-order valence-electron chi connectivity index (χ0n) is 7.46. The second-order valence-corrected chi connectivity index (χ2v) is 4.15. The molecule has 1 aliphatic rings. The Bertz CT molecular complexity index is 386. The minimum atomic E-state index is 0.0114. The highest BCUT2D eigenvalue weighted by Crippen LogP contribution is 2.21. The monoisotopic (exact) mass is 252 g/mol. The van der Waals surface area contributed by atoms with Gasteiger partial charge < -0.3 is 10.3 Å². The summed E-state index contributed by atoms with van der Waals surface area (Å²) < 4.78 is 0.989. The second-order valence-electron chi connectivity index (χ2n) is 3.24. The molecule has 0 unspecified atom stereocenters. The van der Waals surface area contributed by atoms with Gasteiger partial charge in [0.25, 0.3) is 0 Å². The van der Waals surface area contributed by atoms with E-state index in [9.17, 15) is 4.79 Å². The predicted molar refractivity (Wildman–Crippen MR) is 58.8 cm³/mol. The minimum absolute atomic E-state index is 0.0114. The molecule has 1 heterocycles. The van der Waals surface area contributed by atoms with Gasteiger partial charge in [0.15, 0.2) is 0 Å². The highest BCUT2D eigenvalue weighted by Gasteiger charge is 2.25. The molecule has 0 atom stereocenters. The first-order valence-corrected chi connectivity index (χ1v) is 5.08. The van der Waals surface area contributed by atoms with Crippen molar-refractivity contribution in [2.24, 2.45) is 0 Å². The first-order chi connectivity index (χ1) is 6.66. The molecule has 72 valence electrons. The highest BCUT2D eigenvalue weighted by molar-refractivity contribution is 9.10. The topological polar surface area (TPSA) is 44.2 Å². The fourth-order valence-corrected chi connectivity index (χ4v) is 1.73. The van der Waals surface area contributed by atoms with Gasteiger partial charge in [-0.25, -0.2) is 0 Å². The molecule has 1 aliphatic heterocycles. The maximum atomic E-state index is 11.4. The third kappa shape index (κ3) is 1.70. The van der Waals surface area contributed by atoms with Crippen molar-refractivity contribution in [3.8, 4) is 0 Å². The summed E-state index contributed by atoms with van der Waals surface area (Å²) in [5.74, 6) is 0.0114. The van der Waals surface area contributed by atoms with Gasteiger partial charge in [-0.3, -0.25) is 4.79 Å². The Labute approximate surface area is 90.4 Å². The van der Waals surface area contributed by atoms with Gasteiger partial charge in [0.05, 0.1) is 13.0 Å². The fraction of sp³-hybridized carbons (Fsp3) is 0.200. The van der Waals surface area contributed by atoms with Gasteiger partial charge in [-0.1, -0.05) is 15.9 Å². The summed E-state index contributed by atoms with van der Waals surface area (Å²) in [6.07, 6.45) is 0.260. The summed E-state index contributed by atoms with van der Waals surface area (Å²) in [6, 6.07) is 7.54. The van der Waals surface area contributed by atoms with Crippen molar-refractivity contribution in [1.82, 2.24) is 0 Å². The highest BCUT2D eigenvalue weighted by atomic mass is 79.9. The number of hydrogen-bond donors (Lipinski definition) is 1. The number of anilines is 1. The summed E-state index contributed by atoms with van der Waals surface area (Å²) in [4.78, 5) is 13.1. The number of hydrogen-bond acceptors (Lipinski definition) is 2. The largest absolute Gasteiger partial charge is 0.307 e. The lowest BCUT2D eigenvalue weighted by Crippen LogP contribution is -2.24. The first-order valence-electron chi connectivity index (χ1n) is 4.29. The normalized spacial score (nSPS) is 16.5. The molecule has 14 heavy (non-hydrogen) atoms. The van der Waals surface area contributed by atoms with Crippen LogP contribution in [0.1, 0.15) is 6.42 Å². The third-order valence-electron chi connectivity index (χ3n) is 2.15. The number of benzene rings is 1. The first kappa shape index (κ1) is 9.40. The van der Waals surface area contributed by atoms with Crippen molar-refractivity contribution in [3.63, 3.8) is 0 Å². The van der Waals surface area contributed by atoms with Gasteiger partial charge in [0, 0.05) is 15.9 Å². The lowest BCUT2D eigenvalue weighted by molar-refractivity contribution is -0.116. The maximum Gasteiger partial charge on any atom is 0.233 e. The van der Waals surface area contributed by atoms with Crippen LogP contribution in [0, 0.1) is 5.41 Å². The molecule has 0 spiro atoms. The lowest BCUT2D eigenvalue weighted by atomic mass is 10.3. The summed E-state index contributed by atoms with van der Waals surface area (Å²) >= 11 is 3.34. The Kier molecular flexibility index (Phi) is 2.37. The Hall–Kier alpha value is -1.16. The van der Waals surface area contributed by atoms with Crippen LogP contribution < -0.4 is 4.90 Å². The van der Waals surface area contributed by atoms with E-state index in [0.717, 1.165) is 10.2 Å². The van der Waals surface area contributed by atoms with E-state index in [1.165, 1.54) is 0 Å². The van der Waals surface area contributed by atoms with Crippen molar-refractivity contribution >= 4 is 33.2 Å². The summed E-state index contributed by atoms with van der Waals surface area (Å²) in [5, 5.41) is 7.43. The van der Waals surface area contributed by atoms with E-state index >= 15 is 0 Å². The van der Waals surface area contributed by atoms with Crippen LogP contribution in [-0.4, -0.2) is 18.2 Å². The molecule has 4 heteroatoms. The number of amides is 1. The van der Waals surface area contributed by atoms with E-state index < -0.39 is 0 Å². The van der Waals surface area contributed by atoms with Gasteiger partial charge >= 0.3 is 0 Å². The second kappa shape index (κ2) is 3.53. The Morgan fingerprint density at radius 1 is 1.29 bits per heavy atom. The van der Waals surface area contributed by atoms with E-state index in [2.05, 4.69) is 15.9 Å². The molecule has 1 aromatic rings. The van der Waals surface area contributed by atoms with Crippen molar-refractivity contribution in [2.75, 3.05) is 11.4 Å². The molecule has 1 saturated heterocycles. The van der Waals surface area contributed by atoms with Crippen LogP contribution in [0.3, 0.4) is 0 Å². The fourth-order valence-electron chi connectivity index (χ4n) is 1.47. The van der Waals surface area contributed by atoms with Crippen LogP contribution in [0.4, 0.5) is 5.69 Å². The molecule has 1 N–H and O–H groups in total. The van der Waals surface area contributed by atoms with E-state index in [0.29, 0.717) is 12.3 Å². The molecule has 1 amide bonds. The van der Waals surface area contributed by atoms with Crippen molar-refractivity contribution in [1.29, 1.82) is 5.41 Å². The molecule has 1 fully saturated rings. The minimum Gasteiger partial charge on any atom is -0.307 e. The van der Waals surface area contributed by atoms with E-state index in [1.54, 1.807) is 4.90 Å². The van der Waals surface area contributed by atoms with Crippen LogP contribution in [0.25, 0.3) is 0 Å². The number of halogens is 1. The van der Waals surface area contributed by atoms with Crippen LogP contribution in [0.15, 0.2) is 28.7 Å². The van der Waals surface area contributed by atoms with E-state index in [1.807, 2.05) is 24.3 Å². The van der Waals surface area contributed by atoms with Gasteiger partial charge in [-0.05, 0) is 24.3 Å². The number of carbonyl (C=O) groups excluding carboxylic acids is 1. The van der Waals surface area contributed by atoms with Gasteiger partial charge in [-0.15, -0.1) is 0 Å². The summed E-state index contributed by atoms with van der Waals surface area (Å²) in [5.41, 5.74) is 1.35. The molecular formula is C10H9BrN2O. The number of nitrogens with one attached hydrogen (secondary N) is 1. The lowest BCUT2D eigenvalue weighted by Gasteiger charge is -2.14. The molecular weight excluding hydrogens is 244 g/mol. The van der Waals surface area contributed by atoms with Crippen molar-refractivity contribution in [2.45, 2.75) is 6.42 Å². The Balaban J connectivity index is 2.27. The molecule has 0 aromatic heterocycles. The van der Waals surface area contributed by atoms with E-state index in [-0.39, 0.29) is 12.3 Å². The smallest absolute Gasteiger partial charge is 0.233 e. The zero-order chi connectivity index (χ0) is 10.1. The Morgan fingerprint density at radius 2 is 1.93 bits per heavy atom. The quantitative estimate of drug-likeness (QED) is 0.819. The third-order valence-corrected chi connectivity index (χ3v) is 2.68. The SMILES string of the molecule is N=C1CC(=O)N(c2ccc(Br)cc2)C1. The molecule has 2 rings (SSSR count). The molecule has 1 aromatic carbocycles. The summed E-state index contributed by atoms with van der Waals surface area (Å²) in [7, 11) is 0. The van der Waals surface area contributed by atoms with Gasteiger partial charge in [-0.2, -0.15) is 0 Å². The van der Waals surface area contributed by atoms with Crippen LogP contribution in [0.5, 0.6) is 0 Å². The van der Waals surface area contributed by atoms with E-state index in [4.69, 9.17) is 5.41 Å². The predicted octanol–water partition coefficient (Wildman–Crippen LogP) is 2.21. The van der Waals surface area contributed by atoms with Crippen molar-refractivity contribution < 1.29 is 4.79 Å². The molecule has 3 nitrogen and oxygen atoms in total. The standard InChI is InChI=1S/C10H9BrN2O/c11-7-1-3-9(4-2-7)13-6-8(12)5-10(13)14/h1-4,12H,5-6H2. The molecule has 0 bridgehead atoms. The Morgan fingerprint density at radius 3 is 2.43 bits per heavy atom. The molecule has 0 saturated carbocycles. The van der Waals surface area contributed by atoms with Crippen LogP contribution in [-0.2, 0) is 4.79 Å². The summed E-state index contributed by atoms with van der Waals surface area (Å²) in [6.45, 7) is 0.431. The van der Waals surface area contributed by atoms with Crippen LogP contribution >= 0.6 is 15.9 Å². The zero-order valence-corrected chi connectivity index (χ0v) is 9.04. The number of carbonyl (C=O) groups is 1. The average molecular weight is 253 g/mol. The maximum absolute atomic E-state index is 11.4. The number of rotatable bonds is 1. The number of nitrogens with zero attached hydrogens (tertiary/aromatic N) is 1. The molecule has 0 radical (unpaired) electrons. The van der Waals surface area contributed by atoms with Crippen molar-refractivity contribution in [3.05, 3.63) is 28.7 Å². The van der Waals surface area contributed by atoms with Crippen LogP contribution in [0.2, 0.25) is 0 Å². The average Bonchev–Trinajstić information content (AvgIpc) is 2.47. The van der Waals surface area contributed by atoms with Gasteiger partial charge in [0.1, 0.15) is 0 Å².